The third-order valence-corrected chi connectivity index (χ3v) is 5.40. The maximum Gasteiger partial charge on any atom is 0.431 e. The number of rotatable bonds is 4. The lowest BCUT2D eigenvalue weighted by molar-refractivity contribution is -0.144. The zero-order valence-corrected chi connectivity index (χ0v) is 16.2. The average Bonchev–Trinajstić information content (AvgIpc) is 2.53. The summed E-state index contributed by atoms with van der Waals surface area (Å²) in [5.74, 6) is -2.34. The van der Waals surface area contributed by atoms with E-state index in [1.165, 1.54) is 13.8 Å². The molecule has 0 saturated carbocycles. The van der Waals surface area contributed by atoms with Gasteiger partial charge in [0.05, 0.1) is 10.7 Å². The first-order valence-electron chi connectivity index (χ1n) is 7.49. The van der Waals surface area contributed by atoms with Gasteiger partial charge in [-0.15, -0.1) is 11.8 Å². The van der Waals surface area contributed by atoms with Gasteiger partial charge in [0.25, 0.3) is 5.56 Å². The van der Waals surface area contributed by atoms with Crippen LogP contribution >= 0.6 is 23.4 Å². The van der Waals surface area contributed by atoms with E-state index in [0.29, 0.717) is 0 Å². The Hall–Kier alpha value is -2.27. The minimum Gasteiger partial charge on any atom is -0.480 e. The molecule has 0 aliphatic rings. The summed E-state index contributed by atoms with van der Waals surface area (Å²) < 4.78 is 52.2. The third-order valence-electron chi connectivity index (χ3n) is 3.73. The van der Waals surface area contributed by atoms with Crippen LogP contribution < -0.4 is 11.2 Å². The zero-order chi connectivity index (χ0) is 21.6. The van der Waals surface area contributed by atoms with Gasteiger partial charge < -0.3 is 5.11 Å². The fraction of sp³-hybridized carbons (Fsp3) is 0.312. The van der Waals surface area contributed by atoms with Crippen molar-refractivity contribution in [1.82, 2.24) is 9.13 Å². The lowest BCUT2D eigenvalue weighted by Gasteiger charge is -2.20. The zero-order valence-electron chi connectivity index (χ0n) is 14.6. The molecular weight excluding hydrogens is 428 g/mol. The number of aromatic nitrogens is 2. The van der Waals surface area contributed by atoms with Crippen LogP contribution in [-0.4, -0.2) is 25.0 Å². The van der Waals surface area contributed by atoms with E-state index >= 15 is 0 Å². The van der Waals surface area contributed by atoms with Crippen molar-refractivity contribution < 1.29 is 27.5 Å². The number of hydrogen-bond donors (Lipinski definition) is 1. The monoisotopic (exact) mass is 440 g/mol. The van der Waals surface area contributed by atoms with Gasteiger partial charge in [-0.1, -0.05) is 11.6 Å². The van der Waals surface area contributed by atoms with E-state index in [9.17, 15) is 37.1 Å². The number of carboxylic acid groups (broad SMARTS) is 1. The van der Waals surface area contributed by atoms with Crippen molar-refractivity contribution in [2.75, 3.05) is 0 Å². The molecule has 1 aromatic carbocycles. The summed E-state index contributed by atoms with van der Waals surface area (Å²) in [4.78, 5) is 35.8. The molecule has 2 aromatic rings. The number of benzene rings is 1. The minimum atomic E-state index is -4.96. The Labute approximate surface area is 164 Å². The van der Waals surface area contributed by atoms with Crippen molar-refractivity contribution in [2.24, 2.45) is 7.05 Å². The highest BCUT2D eigenvalue weighted by Crippen LogP contribution is 2.38. The number of thioether (sulfide) groups is 1. The van der Waals surface area contributed by atoms with Gasteiger partial charge in [-0.2, -0.15) is 13.2 Å². The molecule has 1 N–H and O–H groups in total. The van der Waals surface area contributed by atoms with Gasteiger partial charge in [0, 0.05) is 18.0 Å². The molecule has 0 bridgehead atoms. The Balaban J connectivity index is 2.75. The molecule has 0 aliphatic carbocycles. The van der Waals surface area contributed by atoms with Crippen LogP contribution in [0.25, 0.3) is 5.69 Å². The molecule has 0 atom stereocenters. The molecule has 0 saturated heterocycles. The molecule has 28 heavy (non-hydrogen) atoms. The third kappa shape index (κ3) is 4.09. The van der Waals surface area contributed by atoms with Crippen LogP contribution in [0.1, 0.15) is 19.5 Å². The summed E-state index contributed by atoms with van der Waals surface area (Å²) in [5.41, 5.74) is -4.96. The first-order valence-corrected chi connectivity index (χ1v) is 8.68. The van der Waals surface area contributed by atoms with E-state index in [4.69, 9.17) is 11.6 Å². The molecule has 152 valence electrons. The van der Waals surface area contributed by atoms with Crippen LogP contribution in [0.15, 0.2) is 32.7 Å². The minimum absolute atomic E-state index is 0.0271. The molecule has 0 unspecified atom stereocenters. The number of hydrogen-bond acceptors (Lipinski definition) is 4. The quantitative estimate of drug-likeness (QED) is 0.583. The normalized spacial score (nSPS) is 12.3. The van der Waals surface area contributed by atoms with Crippen LogP contribution in [0.2, 0.25) is 5.02 Å². The Bertz CT molecular complexity index is 1080. The number of alkyl halides is 3. The molecule has 12 heteroatoms. The van der Waals surface area contributed by atoms with E-state index in [1.54, 1.807) is 0 Å². The second-order valence-corrected chi connectivity index (χ2v) is 8.27. The smallest absolute Gasteiger partial charge is 0.431 e. The summed E-state index contributed by atoms with van der Waals surface area (Å²) in [6.07, 6.45) is -4.96. The van der Waals surface area contributed by atoms with Crippen molar-refractivity contribution in [3.8, 4) is 5.69 Å². The molecule has 6 nitrogen and oxygen atoms in total. The van der Waals surface area contributed by atoms with Crippen LogP contribution in [0.5, 0.6) is 0 Å². The van der Waals surface area contributed by atoms with Crippen LogP contribution in [-0.2, 0) is 18.0 Å². The topological polar surface area (TPSA) is 81.3 Å². The summed E-state index contributed by atoms with van der Waals surface area (Å²) in [7, 11) is 0.790. The van der Waals surface area contributed by atoms with Gasteiger partial charge >= 0.3 is 17.8 Å². The molecule has 0 amide bonds. The molecule has 1 aromatic heterocycles. The lowest BCUT2D eigenvalue weighted by atomic mass is 10.2. The highest BCUT2D eigenvalue weighted by atomic mass is 35.5. The fourth-order valence-electron chi connectivity index (χ4n) is 2.21. The second-order valence-electron chi connectivity index (χ2n) is 6.19. The molecular formula is C16H13ClF4N2O4S. The number of carboxylic acids is 1. The van der Waals surface area contributed by atoms with Crippen molar-refractivity contribution in [2.45, 2.75) is 29.7 Å². The van der Waals surface area contributed by atoms with E-state index in [2.05, 4.69) is 0 Å². The van der Waals surface area contributed by atoms with E-state index in [-0.39, 0.29) is 25.1 Å². The van der Waals surface area contributed by atoms with Gasteiger partial charge in [-0.05, 0) is 26.0 Å². The number of nitrogens with zero attached hydrogens (tertiary/aromatic N) is 2. The predicted molar refractivity (Wildman–Crippen MR) is 94.8 cm³/mol. The van der Waals surface area contributed by atoms with Gasteiger partial charge in [0.1, 0.15) is 16.3 Å². The van der Waals surface area contributed by atoms with Crippen molar-refractivity contribution in [3.05, 3.63) is 55.6 Å². The first-order chi connectivity index (χ1) is 12.7. The molecule has 0 fully saturated rings. The molecule has 0 aliphatic heterocycles. The second kappa shape index (κ2) is 7.28. The Kier molecular flexibility index (Phi) is 5.73. The number of halogens is 5. The van der Waals surface area contributed by atoms with E-state index in [0.717, 1.165) is 30.9 Å². The molecule has 0 spiro atoms. The van der Waals surface area contributed by atoms with Gasteiger partial charge in [0.2, 0.25) is 0 Å². The fourth-order valence-corrected chi connectivity index (χ4v) is 3.44. The van der Waals surface area contributed by atoms with Crippen molar-refractivity contribution in [1.29, 1.82) is 0 Å². The lowest BCUT2D eigenvalue weighted by Crippen LogP contribution is -2.41. The summed E-state index contributed by atoms with van der Waals surface area (Å²) in [6, 6.07) is 1.87. The van der Waals surface area contributed by atoms with Crippen molar-refractivity contribution >= 4 is 29.3 Å². The predicted octanol–water partition coefficient (Wildman–Crippen LogP) is 3.30. The molecule has 1 heterocycles. The van der Waals surface area contributed by atoms with Crippen LogP contribution in [0, 0.1) is 5.82 Å². The highest BCUT2D eigenvalue weighted by Gasteiger charge is 2.35. The van der Waals surface area contributed by atoms with Crippen LogP contribution in [0.3, 0.4) is 0 Å². The van der Waals surface area contributed by atoms with Crippen molar-refractivity contribution in [3.63, 3.8) is 0 Å². The van der Waals surface area contributed by atoms with E-state index in [1.807, 2.05) is 0 Å². The number of aliphatic carboxylic acids is 1. The Morgan fingerprint density at radius 2 is 1.75 bits per heavy atom. The molecule has 0 radical (unpaired) electrons. The van der Waals surface area contributed by atoms with Gasteiger partial charge in [-0.3, -0.25) is 14.2 Å². The summed E-state index contributed by atoms with van der Waals surface area (Å²) in [5, 5.41) is 9.03. The summed E-state index contributed by atoms with van der Waals surface area (Å²) in [6.45, 7) is 2.70. The van der Waals surface area contributed by atoms with Gasteiger partial charge in [0.15, 0.2) is 0 Å². The first kappa shape index (κ1) is 22.0. The van der Waals surface area contributed by atoms with Gasteiger partial charge in [-0.25, -0.2) is 13.8 Å². The van der Waals surface area contributed by atoms with E-state index < -0.39 is 45.3 Å². The largest absolute Gasteiger partial charge is 0.480 e. The van der Waals surface area contributed by atoms with Crippen LogP contribution in [0.4, 0.5) is 17.6 Å². The molecule has 2 rings (SSSR count). The standard InChI is InChI=1S/C16H13ClF4N2O4S/c1-15(2,13(25)26)28-10-5-9(8(18)4-7(10)17)23-12(24)6-11(16(19,20)21)22(3)14(23)27/h4-6H,1-3H3,(H,25,26). The maximum absolute atomic E-state index is 14.4. The Morgan fingerprint density at radius 3 is 2.25 bits per heavy atom. The maximum atomic E-state index is 14.4. The number of carbonyl (C=O) groups is 1. The Morgan fingerprint density at radius 1 is 1.18 bits per heavy atom. The SMILES string of the molecule is Cn1c(C(F)(F)F)cc(=O)n(-c2cc(SC(C)(C)C(=O)O)c(Cl)cc2F)c1=O. The highest BCUT2D eigenvalue weighted by molar-refractivity contribution is 8.01. The average molecular weight is 441 g/mol. The summed E-state index contributed by atoms with van der Waals surface area (Å²) >= 11 is 6.64.